The molecule has 0 atom stereocenters. The number of hydrogen-bond acceptors (Lipinski definition) is 3. The molecular weight excluding hydrogens is 274 g/mol. The molecular formula is C12H16F2N2O2S. The fourth-order valence-corrected chi connectivity index (χ4v) is 3.33. The smallest absolute Gasteiger partial charge is 0.246 e. The number of nitrogens with two attached hydrogens (primary N) is 1. The first-order valence-electron chi connectivity index (χ1n) is 5.59. The Morgan fingerprint density at radius 1 is 1.42 bits per heavy atom. The standard InChI is InChI=1S/C12H16F2N2O2S/c1-4-5-16(8(2)3)19(17,18)11-7-9(15)6-10(13)12(11)14/h4,6-8H,1,5,15H2,2-3H3. The highest BCUT2D eigenvalue weighted by atomic mass is 32.2. The Bertz CT molecular complexity index is 586. The molecule has 1 rings (SSSR count). The first-order chi connectivity index (χ1) is 8.71. The topological polar surface area (TPSA) is 63.4 Å². The molecule has 0 heterocycles. The van der Waals surface area contributed by atoms with Crippen LogP contribution in [0.1, 0.15) is 13.8 Å². The van der Waals surface area contributed by atoms with E-state index in [4.69, 9.17) is 5.73 Å². The normalized spacial score (nSPS) is 12.1. The molecule has 0 aliphatic heterocycles. The van der Waals surface area contributed by atoms with Gasteiger partial charge in [0.05, 0.1) is 0 Å². The predicted molar refractivity (Wildman–Crippen MR) is 70.0 cm³/mol. The van der Waals surface area contributed by atoms with Crippen LogP contribution in [0, 0.1) is 11.6 Å². The number of hydrogen-bond donors (Lipinski definition) is 1. The van der Waals surface area contributed by atoms with Gasteiger partial charge in [-0.2, -0.15) is 4.31 Å². The molecule has 19 heavy (non-hydrogen) atoms. The SMILES string of the molecule is C=CCN(C(C)C)S(=O)(=O)c1cc(N)cc(F)c1F. The number of nitrogen functional groups attached to an aromatic ring is 1. The van der Waals surface area contributed by atoms with Crippen molar-refractivity contribution in [2.24, 2.45) is 0 Å². The molecule has 0 aliphatic carbocycles. The van der Waals surface area contributed by atoms with Crippen LogP contribution in [0.5, 0.6) is 0 Å². The van der Waals surface area contributed by atoms with Crippen LogP contribution in [0.25, 0.3) is 0 Å². The zero-order chi connectivity index (χ0) is 14.8. The summed E-state index contributed by atoms with van der Waals surface area (Å²) >= 11 is 0. The van der Waals surface area contributed by atoms with Gasteiger partial charge in [-0.05, 0) is 26.0 Å². The van der Waals surface area contributed by atoms with Gasteiger partial charge in [0.1, 0.15) is 4.90 Å². The van der Waals surface area contributed by atoms with Crippen molar-refractivity contribution < 1.29 is 17.2 Å². The molecule has 7 heteroatoms. The van der Waals surface area contributed by atoms with Gasteiger partial charge >= 0.3 is 0 Å². The van der Waals surface area contributed by atoms with E-state index in [0.717, 1.165) is 16.4 Å². The van der Waals surface area contributed by atoms with E-state index in [1.54, 1.807) is 13.8 Å². The number of sulfonamides is 1. The van der Waals surface area contributed by atoms with E-state index in [1.807, 2.05) is 0 Å². The van der Waals surface area contributed by atoms with E-state index < -0.39 is 32.6 Å². The quantitative estimate of drug-likeness (QED) is 0.667. The molecule has 4 nitrogen and oxygen atoms in total. The van der Waals surface area contributed by atoms with Gasteiger partial charge < -0.3 is 5.73 Å². The maximum Gasteiger partial charge on any atom is 0.246 e. The summed E-state index contributed by atoms with van der Waals surface area (Å²) in [5.74, 6) is -2.72. The average Bonchev–Trinajstić information content (AvgIpc) is 2.29. The molecule has 0 fully saturated rings. The van der Waals surface area contributed by atoms with Crippen LogP contribution in [0.3, 0.4) is 0 Å². The molecule has 1 aromatic rings. The molecule has 0 unspecified atom stereocenters. The highest BCUT2D eigenvalue weighted by Crippen LogP contribution is 2.25. The maximum absolute atomic E-state index is 13.7. The van der Waals surface area contributed by atoms with Crippen LogP contribution in [0.15, 0.2) is 29.7 Å². The number of anilines is 1. The lowest BCUT2D eigenvalue weighted by molar-refractivity contribution is 0.378. The first kappa shape index (κ1) is 15.6. The van der Waals surface area contributed by atoms with Gasteiger partial charge in [-0.15, -0.1) is 6.58 Å². The zero-order valence-electron chi connectivity index (χ0n) is 10.7. The highest BCUT2D eigenvalue weighted by molar-refractivity contribution is 7.89. The number of rotatable bonds is 5. The van der Waals surface area contributed by atoms with Gasteiger partial charge in [0.2, 0.25) is 10.0 Å². The summed E-state index contributed by atoms with van der Waals surface area (Å²) in [6.07, 6.45) is 1.37. The molecule has 1 aromatic carbocycles. The van der Waals surface area contributed by atoms with Crippen LogP contribution in [-0.4, -0.2) is 25.3 Å². The summed E-state index contributed by atoms with van der Waals surface area (Å²) in [6.45, 7) is 6.70. The lowest BCUT2D eigenvalue weighted by Crippen LogP contribution is -2.37. The van der Waals surface area contributed by atoms with Crippen molar-refractivity contribution in [1.82, 2.24) is 4.31 Å². The predicted octanol–water partition coefficient (Wildman–Crippen LogP) is 2.13. The summed E-state index contributed by atoms with van der Waals surface area (Å²) in [5, 5.41) is 0. The third kappa shape index (κ3) is 3.10. The summed E-state index contributed by atoms with van der Waals surface area (Å²) in [4.78, 5) is -0.763. The Morgan fingerprint density at radius 3 is 2.47 bits per heavy atom. The fourth-order valence-electron chi connectivity index (χ4n) is 1.61. The number of nitrogens with zero attached hydrogens (tertiary/aromatic N) is 1. The van der Waals surface area contributed by atoms with E-state index in [0.29, 0.717) is 0 Å². The second-order valence-electron chi connectivity index (χ2n) is 4.27. The van der Waals surface area contributed by atoms with Crippen molar-refractivity contribution in [3.8, 4) is 0 Å². The summed E-state index contributed by atoms with van der Waals surface area (Å²) in [5.41, 5.74) is 5.21. The van der Waals surface area contributed by atoms with Crippen molar-refractivity contribution >= 4 is 15.7 Å². The molecule has 0 amide bonds. The van der Waals surface area contributed by atoms with Gasteiger partial charge in [0.15, 0.2) is 11.6 Å². The minimum absolute atomic E-state index is 0.00411. The Hall–Kier alpha value is -1.47. The van der Waals surface area contributed by atoms with Gasteiger partial charge in [-0.25, -0.2) is 17.2 Å². The second kappa shape index (κ2) is 5.66. The second-order valence-corrected chi connectivity index (χ2v) is 6.13. The Labute approximate surface area is 111 Å². The molecule has 0 radical (unpaired) electrons. The Kier molecular flexibility index (Phi) is 4.65. The fraction of sp³-hybridized carbons (Fsp3) is 0.333. The molecule has 2 N–H and O–H groups in total. The molecule has 0 saturated heterocycles. The first-order valence-corrected chi connectivity index (χ1v) is 7.03. The number of benzene rings is 1. The maximum atomic E-state index is 13.7. The lowest BCUT2D eigenvalue weighted by atomic mass is 10.3. The van der Waals surface area contributed by atoms with Crippen molar-refractivity contribution in [3.05, 3.63) is 36.4 Å². The van der Waals surface area contributed by atoms with E-state index in [1.165, 1.54) is 6.08 Å². The van der Waals surface area contributed by atoms with Crippen molar-refractivity contribution in [2.75, 3.05) is 12.3 Å². The summed E-state index contributed by atoms with van der Waals surface area (Å²) < 4.78 is 52.6. The van der Waals surface area contributed by atoms with Crippen LogP contribution >= 0.6 is 0 Å². The minimum Gasteiger partial charge on any atom is -0.399 e. The van der Waals surface area contributed by atoms with Crippen LogP contribution in [0.2, 0.25) is 0 Å². The molecule has 0 aliphatic rings. The van der Waals surface area contributed by atoms with E-state index in [9.17, 15) is 17.2 Å². The van der Waals surface area contributed by atoms with Crippen LogP contribution < -0.4 is 5.73 Å². The molecule has 106 valence electrons. The minimum atomic E-state index is -4.17. The van der Waals surface area contributed by atoms with Crippen LogP contribution in [0.4, 0.5) is 14.5 Å². The molecule has 0 aromatic heterocycles. The zero-order valence-corrected chi connectivity index (χ0v) is 11.5. The van der Waals surface area contributed by atoms with Crippen molar-refractivity contribution in [1.29, 1.82) is 0 Å². The van der Waals surface area contributed by atoms with Crippen molar-refractivity contribution in [2.45, 2.75) is 24.8 Å². The van der Waals surface area contributed by atoms with Crippen molar-refractivity contribution in [3.63, 3.8) is 0 Å². The largest absolute Gasteiger partial charge is 0.399 e. The number of halogens is 2. The highest BCUT2D eigenvalue weighted by Gasteiger charge is 2.30. The molecule has 0 bridgehead atoms. The third-order valence-electron chi connectivity index (χ3n) is 2.49. The summed E-state index contributed by atoms with van der Waals surface area (Å²) in [7, 11) is -4.17. The van der Waals surface area contributed by atoms with Gasteiger partial charge in [-0.1, -0.05) is 6.08 Å². The Balaban J connectivity index is 3.45. The van der Waals surface area contributed by atoms with Gasteiger partial charge in [-0.3, -0.25) is 0 Å². The van der Waals surface area contributed by atoms with Gasteiger partial charge in [0, 0.05) is 18.3 Å². The monoisotopic (exact) mass is 290 g/mol. The Morgan fingerprint density at radius 2 is 2.00 bits per heavy atom. The summed E-state index contributed by atoms with van der Waals surface area (Å²) in [6, 6.07) is 1.22. The lowest BCUT2D eigenvalue weighted by Gasteiger charge is -2.24. The van der Waals surface area contributed by atoms with Crippen LogP contribution in [-0.2, 0) is 10.0 Å². The van der Waals surface area contributed by atoms with E-state index in [-0.39, 0.29) is 12.2 Å². The molecule has 0 spiro atoms. The van der Waals surface area contributed by atoms with E-state index in [2.05, 4.69) is 6.58 Å². The molecule has 0 saturated carbocycles. The third-order valence-corrected chi connectivity index (χ3v) is 4.53. The average molecular weight is 290 g/mol. The van der Waals surface area contributed by atoms with Gasteiger partial charge in [0.25, 0.3) is 0 Å². The van der Waals surface area contributed by atoms with E-state index >= 15 is 0 Å².